The Morgan fingerprint density at radius 1 is 0.808 bits per heavy atom. The molecule has 0 bridgehead atoms. The summed E-state index contributed by atoms with van der Waals surface area (Å²) in [5.74, 6) is -4.16. The van der Waals surface area contributed by atoms with E-state index in [2.05, 4.69) is 0 Å². The summed E-state index contributed by atoms with van der Waals surface area (Å²) >= 11 is 0. The van der Waals surface area contributed by atoms with E-state index < -0.39 is 40.0 Å². The van der Waals surface area contributed by atoms with Crippen LogP contribution in [-0.4, -0.2) is 33.7 Å². The largest absolute Gasteiger partial charge is 0.478 e. The Kier molecular flexibility index (Phi) is 3.79. The fourth-order valence-corrected chi connectivity index (χ4v) is 3.31. The molecule has 0 aliphatic heterocycles. The highest BCUT2D eigenvalue weighted by atomic mass is 16.4. The van der Waals surface area contributed by atoms with Gasteiger partial charge in [-0.25, -0.2) is 9.59 Å². The first-order valence-corrected chi connectivity index (χ1v) is 7.92. The van der Waals surface area contributed by atoms with Gasteiger partial charge in [0.05, 0.1) is 11.1 Å². The highest BCUT2D eigenvalue weighted by molar-refractivity contribution is 6.31. The standard InChI is InChI=1S/C20H16O6/c1-20(2,3)12-6-4-5-9-13(12)16(21)10-7-8-11(18(23)24)15(19(25)26)14(10)17(9)22/h4-8H,1-3H3,(H,23,24)(H,25,26). The first kappa shape index (κ1) is 17.5. The molecular weight excluding hydrogens is 336 g/mol. The van der Waals surface area contributed by atoms with E-state index in [0.29, 0.717) is 5.56 Å². The fraction of sp³-hybridized carbons (Fsp3) is 0.200. The van der Waals surface area contributed by atoms with Crippen LogP contribution in [0.5, 0.6) is 0 Å². The number of carbonyl (C=O) groups is 4. The van der Waals surface area contributed by atoms with Crippen LogP contribution in [0, 0.1) is 0 Å². The molecule has 0 atom stereocenters. The van der Waals surface area contributed by atoms with Gasteiger partial charge >= 0.3 is 11.9 Å². The summed E-state index contributed by atoms with van der Waals surface area (Å²) in [6, 6.07) is 7.14. The second-order valence-corrected chi connectivity index (χ2v) is 7.16. The van der Waals surface area contributed by atoms with Crippen molar-refractivity contribution in [2.45, 2.75) is 26.2 Å². The van der Waals surface area contributed by atoms with Crippen LogP contribution in [0.3, 0.4) is 0 Å². The van der Waals surface area contributed by atoms with E-state index in [0.717, 1.165) is 6.07 Å². The Bertz CT molecular complexity index is 1010. The van der Waals surface area contributed by atoms with Crippen molar-refractivity contribution < 1.29 is 29.4 Å². The molecule has 1 aliphatic rings. The number of aromatic carboxylic acids is 2. The topological polar surface area (TPSA) is 109 Å². The van der Waals surface area contributed by atoms with Crippen molar-refractivity contribution in [1.82, 2.24) is 0 Å². The van der Waals surface area contributed by atoms with Crippen molar-refractivity contribution in [1.29, 1.82) is 0 Å². The molecular formula is C20H16O6. The maximum Gasteiger partial charge on any atom is 0.337 e. The number of benzene rings is 2. The van der Waals surface area contributed by atoms with Crippen LogP contribution in [0.2, 0.25) is 0 Å². The van der Waals surface area contributed by atoms with Crippen LogP contribution in [0.4, 0.5) is 0 Å². The number of ketones is 2. The van der Waals surface area contributed by atoms with Gasteiger partial charge in [0.2, 0.25) is 0 Å². The Balaban J connectivity index is 2.40. The van der Waals surface area contributed by atoms with Crippen LogP contribution < -0.4 is 0 Å². The van der Waals surface area contributed by atoms with E-state index in [1.165, 1.54) is 12.1 Å². The van der Waals surface area contributed by atoms with E-state index in [4.69, 9.17) is 0 Å². The summed E-state index contributed by atoms with van der Waals surface area (Å²) in [6.07, 6.45) is 0. The SMILES string of the molecule is CC(C)(C)c1cccc2c1C(=O)c1ccc(C(=O)O)c(C(=O)O)c1C2=O. The van der Waals surface area contributed by atoms with Crippen molar-refractivity contribution in [2.24, 2.45) is 0 Å². The monoisotopic (exact) mass is 352 g/mol. The lowest BCUT2D eigenvalue weighted by Gasteiger charge is -2.27. The van der Waals surface area contributed by atoms with Gasteiger partial charge in [-0.1, -0.05) is 39.0 Å². The third kappa shape index (κ3) is 2.42. The summed E-state index contributed by atoms with van der Waals surface area (Å²) < 4.78 is 0. The summed E-state index contributed by atoms with van der Waals surface area (Å²) in [7, 11) is 0. The normalized spacial score (nSPS) is 13.2. The van der Waals surface area contributed by atoms with Crippen molar-refractivity contribution in [3.05, 3.63) is 69.3 Å². The number of fused-ring (bicyclic) bond motifs is 2. The number of hydrogen-bond acceptors (Lipinski definition) is 4. The predicted octanol–water partition coefficient (Wildman–Crippen LogP) is 3.16. The molecule has 0 saturated carbocycles. The molecule has 1 aliphatic carbocycles. The van der Waals surface area contributed by atoms with Gasteiger partial charge in [0, 0.05) is 22.3 Å². The Morgan fingerprint density at radius 3 is 1.92 bits per heavy atom. The molecule has 0 aromatic heterocycles. The minimum atomic E-state index is -1.56. The lowest BCUT2D eigenvalue weighted by molar-refractivity contribution is 0.0649. The molecule has 0 spiro atoms. The lowest BCUT2D eigenvalue weighted by Crippen LogP contribution is -2.29. The van der Waals surface area contributed by atoms with Crippen LogP contribution in [0.1, 0.15) is 78.9 Å². The molecule has 26 heavy (non-hydrogen) atoms. The zero-order chi connectivity index (χ0) is 19.4. The average molecular weight is 352 g/mol. The third-order valence-corrected chi connectivity index (χ3v) is 4.47. The zero-order valence-electron chi connectivity index (χ0n) is 14.4. The number of rotatable bonds is 2. The maximum atomic E-state index is 13.1. The van der Waals surface area contributed by atoms with Gasteiger partial charge in [-0.05, 0) is 23.1 Å². The molecule has 0 heterocycles. The third-order valence-electron chi connectivity index (χ3n) is 4.47. The van der Waals surface area contributed by atoms with E-state index in [1.54, 1.807) is 12.1 Å². The van der Waals surface area contributed by atoms with Crippen LogP contribution in [0.25, 0.3) is 0 Å². The summed E-state index contributed by atoms with van der Waals surface area (Å²) in [5.41, 5.74) is -0.999. The van der Waals surface area contributed by atoms with Gasteiger partial charge in [0.1, 0.15) is 0 Å². The molecule has 2 N–H and O–H groups in total. The molecule has 0 radical (unpaired) electrons. The molecule has 2 aromatic carbocycles. The van der Waals surface area contributed by atoms with Crippen molar-refractivity contribution in [3.63, 3.8) is 0 Å². The lowest BCUT2D eigenvalue weighted by atomic mass is 9.74. The fourth-order valence-electron chi connectivity index (χ4n) is 3.31. The molecule has 0 saturated heterocycles. The summed E-state index contributed by atoms with van der Waals surface area (Å²) in [6.45, 7) is 5.73. The summed E-state index contributed by atoms with van der Waals surface area (Å²) in [5, 5.41) is 18.7. The highest BCUT2D eigenvalue weighted by Gasteiger charge is 2.38. The second kappa shape index (κ2) is 5.62. The van der Waals surface area contributed by atoms with Gasteiger partial charge in [0.25, 0.3) is 0 Å². The van der Waals surface area contributed by atoms with Gasteiger partial charge < -0.3 is 10.2 Å². The number of hydrogen-bond donors (Lipinski definition) is 2. The van der Waals surface area contributed by atoms with Gasteiger partial charge in [-0.2, -0.15) is 0 Å². The zero-order valence-corrected chi connectivity index (χ0v) is 14.4. The molecule has 0 fully saturated rings. The molecule has 2 aromatic rings. The maximum absolute atomic E-state index is 13.1. The molecule has 132 valence electrons. The number of carbonyl (C=O) groups excluding carboxylic acids is 2. The first-order valence-electron chi connectivity index (χ1n) is 7.92. The Hall–Kier alpha value is -3.28. The molecule has 0 unspecified atom stereocenters. The van der Waals surface area contributed by atoms with Gasteiger partial charge in [0.15, 0.2) is 11.6 Å². The quantitative estimate of drug-likeness (QED) is 0.733. The van der Waals surface area contributed by atoms with Crippen molar-refractivity contribution in [2.75, 3.05) is 0 Å². The van der Waals surface area contributed by atoms with Gasteiger partial charge in [-0.3, -0.25) is 9.59 Å². The van der Waals surface area contributed by atoms with Crippen LogP contribution in [0.15, 0.2) is 30.3 Å². The van der Waals surface area contributed by atoms with E-state index >= 15 is 0 Å². The van der Waals surface area contributed by atoms with E-state index in [9.17, 15) is 29.4 Å². The Morgan fingerprint density at radius 2 is 1.38 bits per heavy atom. The summed E-state index contributed by atoms with van der Waals surface area (Å²) in [4.78, 5) is 49.1. The molecule has 3 rings (SSSR count). The van der Waals surface area contributed by atoms with Crippen LogP contribution in [-0.2, 0) is 5.41 Å². The smallest absolute Gasteiger partial charge is 0.337 e. The molecule has 6 heteroatoms. The minimum absolute atomic E-state index is 0.0819. The number of carboxylic acid groups (broad SMARTS) is 2. The van der Waals surface area contributed by atoms with Crippen molar-refractivity contribution >= 4 is 23.5 Å². The Labute approximate surface area is 149 Å². The van der Waals surface area contributed by atoms with Crippen molar-refractivity contribution in [3.8, 4) is 0 Å². The highest BCUT2D eigenvalue weighted by Crippen LogP contribution is 2.36. The number of carboxylic acids is 2. The van der Waals surface area contributed by atoms with Crippen LogP contribution >= 0.6 is 0 Å². The van der Waals surface area contributed by atoms with E-state index in [1.807, 2.05) is 20.8 Å². The van der Waals surface area contributed by atoms with E-state index in [-0.39, 0.29) is 22.3 Å². The molecule has 0 amide bonds. The predicted molar refractivity (Wildman–Crippen MR) is 92.4 cm³/mol. The average Bonchev–Trinajstić information content (AvgIpc) is 2.56. The first-order chi connectivity index (χ1) is 12.1. The molecule has 6 nitrogen and oxygen atoms in total. The van der Waals surface area contributed by atoms with Gasteiger partial charge in [-0.15, -0.1) is 0 Å². The second-order valence-electron chi connectivity index (χ2n) is 7.16. The minimum Gasteiger partial charge on any atom is -0.478 e.